The summed E-state index contributed by atoms with van der Waals surface area (Å²) in [5, 5.41) is -0.564. The molecule has 112 valence electrons. The van der Waals surface area contributed by atoms with E-state index in [1.807, 2.05) is 27.7 Å². The van der Waals surface area contributed by atoms with Gasteiger partial charge in [0.05, 0.1) is 21.3 Å². The summed E-state index contributed by atoms with van der Waals surface area (Å²) in [6, 6.07) is 5.03. The standard InChI is InChI=1S/C15H23NO3S/c1-10-11(16)7-6-8-12(10)20(17,18)13-9-14(2,3)19-15(13,4)5/h6-8,13H,9,16H2,1-5H3. The fourth-order valence-corrected chi connectivity index (χ4v) is 5.62. The van der Waals surface area contributed by atoms with E-state index < -0.39 is 26.3 Å². The second-order valence-electron chi connectivity index (χ2n) is 6.67. The van der Waals surface area contributed by atoms with Gasteiger partial charge in [0.1, 0.15) is 0 Å². The Morgan fingerprint density at radius 3 is 2.35 bits per heavy atom. The Morgan fingerprint density at radius 2 is 1.85 bits per heavy atom. The lowest BCUT2D eigenvalue weighted by Gasteiger charge is -2.27. The van der Waals surface area contributed by atoms with Crippen LogP contribution >= 0.6 is 0 Å². The summed E-state index contributed by atoms with van der Waals surface area (Å²) in [6.45, 7) is 9.28. The van der Waals surface area contributed by atoms with Crippen LogP contribution in [0.3, 0.4) is 0 Å². The molecule has 0 amide bonds. The summed E-state index contributed by atoms with van der Waals surface area (Å²) in [5.41, 5.74) is 5.82. The van der Waals surface area contributed by atoms with Gasteiger partial charge in [0.15, 0.2) is 9.84 Å². The first kappa shape index (κ1) is 15.3. The molecule has 1 heterocycles. The predicted molar refractivity (Wildman–Crippen MR) is 80.4 cm³/mol. The summed E-state index contributed by atoms with van der Waals surface area (Å²) in [5.74, 6) is 0. The highest BCUT2D eigenvalue weighted by molar-refractivity contribution is 7.92. The molecule has 1 saturated heterocycles. The fourth-order valence-electron chi connectivity index (χ4n) is 3.09. The van der Waals surface area contributed by atoms with Crippen LogP contribution in [0.15, 0.2) is 23.1 Å². The molecule has 1 fully saturated rings. The molecule has 1 atom stereocenters. The minimum Gasteiger partial charge on any atom is -0.398 e. The number of benzene rings is 1. The van der Waals surface area contributed by atoms with E-state index in [1.165, 1.54) is 0 Å². The Balaban J connectivity index is 2.54. The number of rotatable bonds is 2. The zero-order valence-electron chi connectivity index (χ0n) is 12.7. The van der Waals surface area contributed by atoms with Gasteiger partial charge in [0.2, 0.25) is 0 Å². The Hall–Kier alpha value is -1.07. The molecule has 0 aromatic heterocycles. The van der Waals surface area contributed by atoms with Crippen molar-refractivity contribution in [1.29, 1.82) is 0 Å². The molecular formula is C15H23NO3S. The zero-order chi connectivity index (χ0) is 15.3. The lowest BCUT2D eigenvalue weighted by Crippen LogP contribution is -2.38. The van der Waals surface area contributed by atoms with Crippen LogP contribution in [0.2, 0.25) is 0 Å². The van der Waals surface area contributed by atoms with Crippen LogP contribution in [0.1, 0.15) is 39.7 Å². The van der Waals surface area contributed by atoms with Gasteiger partial charge < -0.3 is 10.5 Å². The van der Waals surface area contributed by atoms with Crippen molar-refractivity contribution in [2.24, 2.45) is 0 Å². The molecule has 1 aromatic rings. The van der Waals surface area contributed by atoms with Gasteiger partial charge in [0.25, 0.3) is 0 Å². The smallest absolute Gasteiger partial charge is 0.184 e. The lowest BCUT2D eigenvalue weighted by molar-refractivity contribution is -0.0635. The lowest BCUT2D eigenvalue weighted by atomic mass is 10.0. The monoisotopic (exact) mass is 297 g/mol. The molecule has 1 aromatic carbocycles. The molecular weight excluding hydrogens is 274 g/mol. The van der Waals surface area contributed by atoms with Gasteiger partial charge >= 0.3 is 0 Å². The quantitative estimate of drug-likeness (QED) is 0.852. The van der Waals surface area contributed by atoms with Gasteiger partial charge in [-0.2, -0.15) is 0 Å². The van der Waals surface area contributed by atoms with E-state index in [2.05, 4.69) is 0 Å². The number of sulfone groups is 1. The second-order valence-corrected chi connectivity index (χ2v) is 8.77. The number of anilines is 1. The Morgan fingerprint density at radius 1 is 1.25 bits per heavy atom. The number of nitrogen functional groups attached to an aromatic ring is 1. The molecule has 0 radical (unpaired) electrons. The topological polar surface area (TPSA) is 69.4 Å². The number of hydrogen-bond acceptors (Lipinski definition) is 4. The first-order valence-corrected chi connectivity index (χ1v) is 8.31. The SMILES string of the molecule is Cc1c(N)cccc1S(=O)(=O)C1CC(C)(C)OC1(C)C. The van der Waals surface area contributed by atoms with E-state index in [9.17, 15) is 8.42 Å². The van der Waals surface area contributed by atoms with Crippen molar-refractivity contribution in [3.8, 4) is 0 Å². The Labute approximate surface area is 121 Å². The number of ether oxygens (including phenoxy) is 1. The summed E-state index contributed by atoms with van der Waals surface area (Å²) in [4.78, 5) is 0.317. The Bertz CT molecular complexity index is 633. The van der Waals surface area contributed by atoms with Gasteiger partial charge in [-0.1, -0.05) is 6.07 Å². The van der Waals surface area contributed by atoms with Crippen LogP contribution < -0.4 is 5.73 Å². The molecule has 0 aliphatic carbocycles. The highest BCUT2D eigenvalue weighted by Crippen LogP contribution is 2.43. The van der Waals surface area contributed by atoms with E-state index in [4.69, 9.17) is 10.5 Å². The van der Waals surface area contributed by atoms with Gasteiger partial charge in [-0.15, -0.1) is 0 Å². The summed E-state index contributed by atoms with van der Waals surface area (Å²) in [6.07, 6.45) is 0.483. The van der Waals surface area contributed by atoms with Crippen molar-refractivity contribution in [1.82, 2.24) is 0 Å². The van der Waals surface area contributed by atoms with Gasteiger partial charge in [-0.3, -0.25) is 0 Å². The van der Waals surface area contributed by atoms with Crippen LogP contribution in [-0.4, -0.2) is 24.9 Å². The first-order valence-electron chi connectivity index (χ1n) is 6.76. The molecule has 0 spiro atoms. The highest BCUT2D eigenvalue weighted by atomic mass is 32.2. The molecule has 0 saturated carbocycles. The van der Waals surface area contributed by atoms with Crippen LogP contribution in [0, 0.1) is 6.92 Å². The van der Waals surface area contributed by atoms with E-state index in [-0.39, 0.29) is 0 Å². The molecule has 20 heavy (non-hydrogen) atoms. The molecule has 1 aliphatic heterocycles. The van der Waals surface area contributed by atoms with Crippen molar-refractivity contribution in [2.45, 2.75) is 62.4 Å². The van der Waals surface area contributed by atoms with Crippen LogP contribution in [-0.2, 0) is 14.6 Å². The molecule has 4 nitrogen and oxygen atoms in total. The van der Waals surface area contributed by atoms with Crippen molar-refractivity contribution in [3.05, 3.63) is 23.8 Å². The zero-order valence-corrected chi connectivity index (χ0v) is 13.5. The largest absolute Gasteiger partial charge is 0.398 e. The average molecular weight is 297 g/mol. The molecule has 0 bridgehead atoms. The van der Waals surface area contributed by atoms with E-state index in [0.717, 1.165) is 0 Å². The molecule has 1 unspecified atom stereocenters. The maximum absolute atomic E-state index is 13.0. The van der Waals surface area contributed by atoms with Gasteiger partial charge in [-0.25, -0.2) is 8.42 Å². The van der Waals surface area contributed by atoms with Crippen molar-refractivity contribution < 1.29 is 13.2 Å². The predicted octanol–water partition coefficient (Wildman–Crippen LogP) is 2.70. The molecule has 5 heteroatoms. The minimum absolute atomic E-state index is 0.317. The molecule has 2 N–H and O–H groups in total. The number of hydrogen-bond donors (Lipinski definition) is 1. The minimum atomic E-state index is -3.48. The first-order chi connectivity index (χ1) is 8.97. The second kappa shape index (κ2) is 4.46. The van der Waals surface area contributed by atoms with Gasteiger partial charge in [0, 0.05) is 5.69 Å². The molecule has 1 aliphatic rings. The summed E-state index contributed by atoms with van der Waals surface area (Å²) < 4.78 is 31.9. The third-order valence-corrected chi connectivity index (χ3v) is 6.54. The molecule has 2 rings (SSSR count). The van der Waals surface area contributed by atoms with Crippen molar-refractivity contribution >= 4 is 15.5 Å². The van der Waals surface area contributed by atoms with Crippen LogP contribution in [0.25, 0.3) is 0 Å². The third kappa shape index (κ3) is 2.44. The van der Waals surface area contributed by atoms with E-state index >= 15 is 0 Å². The summed E-state index contributed by atoms with van der Waals surface area (Å²) >= 11 is 0. The maximum Gasteiger partial charge on any atom is 0.184 e. The van der Waals surface area contributed by atoms with Gasteiger partial charge in [-0.05, 0) is 58.7 Å². The number of nitrogens with two attached hydrogens (primary N) is 1. The summed E-state index contributed by atoms with van der Waals surface area (Å²) in [7, 11) is -3.48. The van der Waals surface area contributed by atoms with Crippen molar-refractivity contribution in [2.75, 3.05) is 5.73 Å². The van der Waals surface area contributed by atoms with E-state index in [1.54, 1.807) is 25.1 Å². The van der Waals surface area contributed by atoms with E-state index in [0.29, 0.717) is 22.6 Å². The average Bonchev–Trinajstić information content (AvgIpc) is 2.51. The maximum atomic E-state index is 13.0. The van der Waals surface area contributed by atoms with Crippen LogP contribution in [0.5, 0.6) is 0 Å². The highest BCUT2D eigenvalue weighted by Gasteiger charge is 2.52. The Kier molecular flexibility index (Phi) is 3.42. The van der Waals surface area contributed by atoms with Crippen molar-refractivity contribution in [3.63, 3.8) is 0 Å². The van der Waals surface area contributed by atoms with Crippen LogP contribution in [0.4, 0.5) is 5.69 Å². The fraction of sp³-hybridized carbons (Fsp3) is 0.600. The normalized spacial score (nSPS) is 24.8. The third-order valence-electron chi connectivity index (χ3n) is 4.00.